The molecule has 3 nitrogen and oxygen atoms in total. The maximum Gasteiger partial charge on any atom is 0.304 e. The molecule has 0 saturated carbocycles. The van der Waals surface area contributed by atoms with Crippen LogP contribution in [0.4, 0.5) is 8.78 Å². The van der Waals surface area contributed by atoms with Gasteiger partial charge in [-0.3, -0.25) is 4.79 Å². The number of aryl methyl sites for hydroxylation is 1. The predicted octanol–water partition coefficient (Wildman–Crippen LogP) is 3.61. The van der Waals surface area contributed by atoms with Gasteiger partial charge >= 0.3 is 5.97 Å². The number of carboxylic acid groups (broad SMARTS) is 1. The smallest absolute Gasteiger partial charge is 0.304 e. The number of alkyl halides is 2. The maximum absolute atomic E-state index is 13.0. The minimum Gasteiger partial charge on any atom is -0.488 e. The first-order valence-corrected chi connectivity index (χ1v) is 6.60. The van der Waals surface area contributed by atoms with E-state index in [2.05, 4.69) is 0 Å². The SMILES string of the molecule is CC1(C)CCc2cc(C(CC(=O)O)C(F)F)ccc2O1. The Balaban J connectivity index is 2.28. The van der Waals surface area contributed by atoms with E-state index in [1.165, 1.54) is 0 Å². The fourth-order valence-corrected chi connectivity index (χ4v) is 2.45. The number of benzene rings is 1. The van der Waals surface area contributed by atoms with Crippen LogP contribution in [0.25, 0.3) is 0 Å². The van der Waals surface area contributed by atoms with E-state index in [0.717, 1.165) is 18.4 Å². The number of ether oxygens (including phenoxy) is 1. The molecule has 0 aromatic heterocycles. The summed E-state index contributed by atoms with van der Waals surface area (Å²) in [6.07, 6.45) is -1.70. The van der Waals surface area contributed by atoms with Crippen molar-refractivity contribution in [1.82, 2.24) is 0 Å². The second-order valence-electron chi connectivity index (χ2n) is 5.77. The Morgan fingerprint density at radius 2 is 2.15 bits per heavy atom. The summed E-state index contributed by atoms with van der Waals surface area (Å²) in [5.74, 6) is -1.79. The average molecular weight is 284 g/mol. The molecule has 110 valence electrons. The fourth-order valence-electron chi connectivity index (χ4n) is 2.45. The fraction of sp³-hybridized carbons (Fsp3) is 0.533. The van der Waals surface area contributed by atoms with Crippen molar-refractivity contribution < 1.29 is 23.4 Å². The van der Waals surface area contributed by atoms with Gasteiger partial charge in [0.05, 0.1) is 12.3 Å². The summed E-state index contributed by atoms with van der Waals surface area (Å²) in [7, 11) is 0. The van der Waals surface area contributed by atoms with Crippen molar-refractivity contribution in [2.75, 3.05) is 0 Å². The van der Waals surface area contributed by atoms with E-state index in [0.29, 0.717) is 11.3 Å². The number of carboxylic acids is 1. The van der Waals surface area contributed by atoms with Gasteiger partial charge in [-0.15, -0.1) is 0 Å². The molecule has 2 rings (SSSR count). The van der Waals surface area contributed by atoms with Crippen molar-refractivity contribution in [3.8, 4) is 5.75 Å². The molecule has 0 radical (unpaired) electrons. The number of rotatable bonds is 4. The van der Waals surface area contributed by atoms with Crippen LogP contribution in [0.5, 0.6) is 5.75 Å². The highest BCUT2D eigenvalue weighted by atomic mass is 19.3. The summed E-state index contributed by atoms with van der Waals surface area (Å²) in [6, 6.07) is 4.87. The Morgan fingerprint density at radius 3 is 2.75 bits per heavy atom. The molecule has 1 atom stereocenters. The Morgan fingerprint density at radius 1 is 1.45 bits per heavy atom. The maximum atomic E-state index is 13.0. The Bertz CT molecular complexity index is 512. The zero-order valence-electron chi connectivity index (χ0n) is 11.5. The van der Waals surface area contributed by atoms with Crippen LogP contribution in [-0.2, 0) is 11.2 Å². The van der Waals surface area contributed by atoms with Crippen LogP contribution in [0.3, 0.4) is 0 Å². The van der Waals surface area contributed by atoms with Gasteiger partial charge in [-0.05, 0) is 43.9 Å². The Hall–Kier alpha value is -1.65. The molecule has 1 aliphatic rings. The molecule has 0 amide bonds. The number of hydrogen-bond donors (Lipinski definition) is 1. The number of hydrogen-bond acceptors (Lipinski definition) is 2. The van der Waals surface area contributed by atoms with Crippen molar-refractivity contribution in [2.24, 2.45) is 0 Å². The third-order valence-corrected chi connectivity index (χ3v) is 3.59. The highest BCUT2D eigenvalue weighted by Gasteiger charge is 2.29. The summed E-state index contributed by atoms with van der Waals surface area (Å²) < 4.78 is 31.8. The van der Waals surface area contributed by atoms with E-state index < -0.39 is 24.7 Å². The van der Waals surface area contributed by atoms with Crippen LogP contribution in [-0.4, -0.2) is 23.1 Å². The molecule has 5 heteroatoms. The number of aliphatic carboxylic acids is 1. The number of halogens is 2. The lowest BCUT2D eigenvalue weighted by Crippen LogP contribution is -2.32. The molecule has 1 aromatic rings. The van der Waals surface area contributed by atoms with Gasteiger partial charge in [0.2, 0.25) is 6.43 Å². The summed E-state index contributed by atoms with van der Waals surface area (Å²) >= 11 is 0. The lowest BCUT2D eigenvalue weighted by atomic mass is 9.89. The first-order valence-electron chi connectivity index (χ1n) is 6.60. The van der Waals surface area contributed by atoms with Gasteiger partial charge in [-0.2, -0.15) is 0 Å². The minimum absolute atomic E-state index is 0.252. The van der Waals surface area contributed by atoms with Gasteiger partial charge < -0.3 is 9.84 Å². The molecule has 1 unspecified atom stereocenters. The number of fused-ring (bicyclic) bond motifs is 1. The van der Waals surface area contributed by atoms with E-state index in [1.807, 2.05) is 13.8 Å². The molecular formula is C15H18F2O3. The minimum atomic E-state index is -2.69. The first-order chi connectivity index (χ1) is 9.28. The Labute approximate surface area is 116 Å². The first kappa shape index (κ1) is 14.8. The summed E-state index contributed by atoms with van der Waals surface area (Å²) in [5.41, 5.74) is 0.986. The molecule has 1 heterocycles. The molecule has 1 aromatic carbocycles. The third kappa shape index (κ3) is 3.26. The van der Waals surface area contributed by atoms with Crippen molar-refractivity contribution >= 4 is 5.97 Å². The van der Waals surface area contributed by atoms with E-state index in [1.54, 1.807) is 18.2 Å². The second kappa shape index (κ2) is 5.38. The van der Waals surface area contributed by atoms with Crippen molar-refractivity contribution in [2.45, 2.75) is 51.1 Å². The molecule has 0 spiro atoms. The van der Waals surface area contributed by atoms with Gasteiger partial charge in [0.15, 0.2) is 0 Å². The van der Waals surface area contributed by atoms with Crippen LogP contribution >= 0.6 is 0 Å². The standard InChI is InChI=1S/C15H18F2O3/c1-15(2)6-5-10-7-9(3-4-12(10)20-15)11(14(16)17)8-13(18)19/h3-4,7,11,14H,5-6,8H2,1-2H3,(H,18,19). The lowest BCUT2D eigenvalue weighted by molar-refractivity contribution is -0.138. The predicted molar refractivity (Wildman–Crippen MR) is 70.5 cm³/mol. The van der Waals surface area contributed by atoms with Gasteiger partial charge in [-0.1, -0.05) is 12.1 Å². The summed E-state index contributed by atoms with van der Waals surface area (Å²) in [5, 5.41) is 8.74. The van der Waals surface area contributed by atoms with E-state index in [9.17, 15) is 13.6 Å². The average Bonchev–Trinajstić information content (AvgIpc) is 2.34. The second-order valence-corrected chi connectivity index (χ2v) is 5.77. The zero-order valence-corrected chi connectivity index (χ0v) is 11.5. The van der Waals surface area contributed by atoms with Crippen LogP contribution in [0.2, 0.25) is 0 Å². The van der Waals surface area contributed by atoms with Crippen LogP contribution in [0, 0.1) is 0 Å². The van der Waals surface area contributed by atoms with Crippen molar-refractivity contribution in [3.05, 3.63) is 29.3 Å². The van der Waals surface area contributed by atoms with Crippen LogP contribution < -0.4 is 4.74 Å². The number of carbonyl (C=O) groups is 1. The molecule has 20 heavy (non-hydrogen) atoms. The van der Waals surface area contributed by atoms with Gasteiger partial charge in [-0.25, -0.2) is 8.78 Å². The molecule has 0 aliphatic carbocycles. The molecule has 0 saturated heterocycles. The highest BCUT2D eigenvalue weighted by molar-refractivity contribution is 5.68. The largest absolute Gasteiger partial charge is 0.488 e. The molecule has 1 aliphatic heterocycles. The van der Waals surface area contributed by atoms with Gasteiger partial charge in [0.1, 0.15) is 11.4 Å². The van der Waals surface area contributed by atoms with Crippen molar-refractivity contribution in [1.29, 1.82) is 0 Å². The lowest BCUT2D eigenvalue weighted by Gasteiger charge is -2.33. The van der Waals surface area contributed by atoms with E-state index >= 15 is 0 Å². The molecule has 0 bridgehead atoms. The topological polar surface area (TPSA) is 46.5 Å². The summed E-state index contributed by atoms with van der Waals surface area (Å²) in [4.78, 5) is 10.7. The quantitative estimate of drug-likeness (QED) is 0.918. The van der Waals surface area contributed by atoms with Gasteiger partial charge in [0, 0.05) is 0 Å². The summed E-state index contributed by atoms with van der Waals surface area (Å²) in [6.45, 7) is 3.96. The van der Waals surface area contributed by atoms with E-state index in [4.69, 9.17) is 9.84 Å². The highest BCUT2D eigenvalue weighted by Crippen LogP contribution is 2.36. The van der Waals surface area contributed by atoms with Crippen LogP contribution in [0.15, 0.2) is 18.2 Å². The third-order valence-electron chi connectivity index (χ3n) is 3.59. The normalized spacial score (nSPS) is 18.2. The zero-order chi connectivity index (χ0) is 14.9. The van der Waals surface area contributed by atoms with E-state index in [-0.39, 0.29) is 5.60 Å². The molecule has 1 N–H and O–H groups in total. The van der Waals surface area contributed by atoms with Crippen LogP contribution in [0.1, 0.15) is 43.7 Å². The van der Waals surface area contributed by atoms with Crippen molar-refractivity contribution in [3.63, 3.8) is 0 Å². The van der Waals surface area contributed by atoms with Gasteiger partial charge in [0.25, 0.3) is 0 Å². The monoisotopic (exact) mass is 284 g/mol. The molecule has 0 fully saturated rings. The Kier molecular flexibility index (Phi) is 3.97. The molecular weight excluding hydrogens is 266 g/mol.